The van der Waals surface area contributed by atoms with Crippen molar-refractivity contribution in [3.05, 3.63) is 60.0 Å². The van der Waals surface area contributed by atoms with Gasteiger partial charge in [0, 0.05) is 30.3 Å². The van der Waals surface area contributed by atoms with E-state index < -0.39 is 0 Å². The molecule has 3 aromatic rings. The van der Waals surface area contributed by atoms with Crippen LogP contribution in [-0.4, -0.2) is 29.7 Å². The average Bonchev–Trinajstić information content (AvgIpc) is 3.29. The van der Waals surface area contributed by atoms with Crippen LogP contribution < -0.4 is 9.64 Å². The van der Waals surface area contributed by atoms with Gasteiger partial charge in [-0.2, -0.15) is 4.98 Å². The summed E-state index contributed by atoms with van der Waals surface area (Å²) >= 11 is 0. The fourth-order valence-electron chi connectivity index (χ4n) is 3.12. The highest BCUT2D eigenvalue weighted by Crippen LogP contribution is 2.33. The molecule has 1 aliphatic heterocycles. The molecule has 2 aromatic carbocycles. The predicted octanol–water partition coefficient (Wildman–Crippen LogP) is 3.57. The third kappa shape index (κ3) is 3.06. The molecule has 2 heterocycles. The molecular formula is C20H19N3O3. The van der Waals surface area contributed by atoms with Crippen molar-refractivity contribution in [2.45, 2.75) is 19.3 Å². The first-order chi connectivity index (χ1) is 12.6. The standard InChI is InChI=1S/C20H19N3O3/c1-13-6-8-14(9-7-13)19-21-20(26-22-19)15-10-18(24)23(12-15)16-4-3-5-17(11-16)25-2/h3-9,11,15H,10,12H2,1-2H3. The normalized spacial score (nSPS) is 16.9. The molecule has 1 atom stereocenters. The van der Waals surface area contributed by atoms with E-state index in [2.05, 4.69) is 10.1 Å². The van der Waals surface area contributed by atoms with Gasteiger partial charge in [-0.3, -0.25) is 4.79 Å². The fraction of sp³-hybridized carbons (Fsp3) is 0.250. The van der Waals surface area contributed by atoms with Crippen molar-refractivity contribution in [2.24, 2.45) is 0 Å². The Morgan fingerprint density at radius 3 is 2.77 bits per heavy atom. The summed E-state index contributed by atoms with van der Waals surface area (Å²) in [4.78, 5) is 18.7. The van der Waals surface area contributed by atoms with Crippen LogP contribution in [0, 0.1) is 6.92 Å². The van der Waals surface area contributed by atoms with Gasteiger partial charge in [-0.05, 0) is 19.1 Å². The topological polar surface area (TPSA) is 68.5 Å². The smallest absolute Gasteiger partial charge is 0.232 e. The summed E-state index contributed by atoms with van der Waals surface area (Å²) < 4.78 is 10.7. The first-order valence-corrected chi connectivity index (χ1v) is 8.49. The average molecular weight is 349 g/mol. The number of anilines is 1. The van der Waals surface area contributed by atoms with Crippen LogP contribution >= 0.6 is 0 Å². The Morgan fingerprint density at radius 1 is 1.19 bits per heavy atom. The molecule has 4 rings (SSSR count). The molecule has 0 bridgehead atoms. The van der Waals surface area contributed by atoms with Crippen LogP contribution in [0.4, 0.5) is 5.69 Å². The van der Waals surface area contributed by atoms with Gasteiger partial charge in [-0.25, -0.2) is 0 Å². The number of aryl methyl sites for hydroxylation is 1. The number of hydrogen-bond donors (Lipinski definition) is 0. The lowest BCUT2D eigenvalue weighted by molar-refractivity contribution is -0.117. The zero-order chi connectivity index (χ0) is 18.1. The van der Waals surface area contributed by atoms with E-state index in [0.29, 0.717) is 24.7 Å². The minimum absolute atomic E-state index is 0.0401. The van der Waals surface area contributed by atoms with Gasteiger partial charge in [0.2, 0.25) is 17.6 Å². The molecule has 0 spiro atoms. The molecule has 0 radical (unpaired) electrons. The van der Waals surface area contributed by atoms with Gasteiger partial charge in [-0.15, -0.1) is 0 Å². The van der Waals surface area contributed by atoms with Crippen LogP contribution in [0.1, 0.15) is 23.8 Å². The van der Waals surface area contributed by atoms with Gasteiger partial charge in [0.05, 0.1) is 13.0 Å². The Labute approximate surface area is 151 Å². The third-order valence-corrected chi connectivity index (χ3v) is 4.59. The van der Waals surface area contributed by atoms with E-state index in [1.54, 1.807) is 12.0 Å². The molecule has 1 saturated heterocycles. The molecule has 1 aliphatic rings. The van der Waals surface area contributed by atoms with Gasteiger partial charge in [0.1, 0.15) is 5.75 Å². The minimum atomic E-state index is -0.111. The maximum absolute atomic E-state index is 12.5. The molecule has 6 nitrogen and oxygen atoms in total. The van der Waals surface area contributed by atoms with Crippen molar-refractivity contribution in [3.63, 3.8) is 0 Å². The zero-order valence-electron chi connectivity index (χ0n) is 14.7. The van der Waals surface area contributed by atoms with E-state index in [4.69, 9.17) is 9.26 Å². The molecule has 1 amide bonds. The van der Waals surface area contributed by atoms with Crippen molar-refractivity contribution in [3.8, 4) is 17.1 Å². The van der Waals surface area contributed by atoms with Crippen LogP contribution in [0.15, 0.2) is 53.1 Å². The monoisotopic (exact) mass is 349 g/mol. The summed E-state index contributed by atoms with van der Waals surface area (Å²) in [5.74, 6) is 1.70. The molecule has 1 fully saturated rings. The number of benzene rings is 2. The summed E-state index contributed by atoms with van der Waals surface area (Å²) in [5.41, 5.74) is 2.89. The molecular weight excluding hydrogens is 330 g/mol. The molecule has 132 valence electrons. The molecule has 26 heavy (non-hydrogen) atoms. The number of ether oxygens (including phenoxy) is 1. The van der Waals surface area contributed by atoms with Crippen molar-refractivity contribution in [1.82, 2.24) is 10.1 Å². The van der Waals surface area contributed by atoms with E-state index in [0.717, 1.165) is 17.0 Å². The SMILES string of the molecule is COc1cccc(N2CC(c3nc(-c4ccc(C)cc4)no3)CC2=O)c1. The van der Waals surface area contributed by atoms with E-state index >= 15 is 0 Å². The highest BCUT2D eigenvalue weighted by molar-refractivity contribution is 5.96. The number of hydrogen-bond acceptors (Lipinski definition) is 5. The summed E-state index contributed by atoms with van der Waals surface area (Å²) in [6.07, 6.45) is 0.354. The van der Waals surface area contributed by atoms with Crippen molar-refractivity contribution in [2.75, 3.05) is 18.6 Å². The van der Waals surface area contributed by atoms with E-state index in [9.17, 15) is 4.79 Å². The van der Waals surface area contributed by atoms with Crippen LogP contribution in [0.25, 0.3) is 11.4 Å². The van der Waals surface area contributed by atoms with Crippen molar-refractivity contribution in [1.29, 1.82) is 0 Å². The lowest BCUT2D eigenvalue weighted by Crippen LogP contribution is -2.24. The Kier molecular flexibility index (Phi) is 4.16. The zero-order valence-corrected chi connectivity index (χ0v) is 14.7. The van der Waals surface area contributed by atoms with Gasteiger partial charge >= 0.3 is 0 Å². The lowest BCUT2D eigenvalue weighted by atomic mass is 10.1. The Hall–Kier alpha value is -3.15. The molecule has 1 unspecified atom stereocenters. The molecule has 1 aromatic heterocycles. The Bertz CT molecular complexity index is 933. The fourth-order valence-corrected chi connectivity index (χ4v) is 3.12. The van der Waals surface area contributed by atoms with Crippen molar-refractivity contribution >= 4 is 11.6 Å². The second kappa shape index (κ2) is 6.63. The summed E-state index contributed by atoms with van der Waals surface area (Å²) in [6.45, 7) is 2.55. The maximum atomic E-state index is 12.5. The second-order valence-electron chi connectivity index (χ2n) is 6.43. The largest absolute Gasteiger partial charge is 0.497 e. The van der Waals surface area contributed by atoms with Crippen LogP contribution in [0.5, 0.6) is 5.75 Å². The van der Waals surface area contributed by atoms with Crippen molar-refractivity contribution < 1.29 is 14.1 Å². The number of amides is 1. The Morgan fingerprint density at radius 2 is 2.00 bits per heavy atom. The number of methoxy groups -OCH3 is 1. The van der Waals surface area contributed by atoms with Crippen LogP contribution in [0.2, 0.25) is 0 Å². The number of carbonyl (C=O) groups is 1. The van der Waals surface area contributed by atoms with E-state index in [1.165, 1.54) is 5.56 Å². The lowest BCUT2D eigenvalue weighted by Gasteiger charge is -2.16. The summed E-state index contributed by atoms with van der Waals surface area (Å²) in [6, 6.07) is 15.4. The van der Waals surface area contributed by atoms with Gasteiger partial charge in [0.25, 0.3) is 0 Å². The molecule has 6 heteroatoms. The highest BCUT2D eigenvalue weighted by atomic mass is 16.5. The van der Waals surface area contributed by atoms with Crippen LogP contribution in [-0.2, 0) is 4.79 Å². The number of carbonyl (C=O) groups excluding carboxylic acids is 1. The number of rotatable bonds is 4. The summed E-state index contributed by atoms with van der Waals surface area (Å²) in [7, 11) is 1.61. The maximum Gasteiger partial charge on any atom is 0.232 e. The Balaban J connectivity index is 1.54. The summed E-state index contributed by atoms with van der Waals surface area (Å²) in [5, 5.41) is 4.07. The minimum Gasteiger partial charge on any atom is -0.497 e. The molecule has 0 N–H and O–H groups in total. The number of nitrogens with zero attached hydrogens (tertiary/aromatic N) is 3. The van der Waals surface area contributed by atoms with Crippen LogP contribution in [0.3, 0.4) is 0 Å². The second-order valence-corrected chi connectivity index (χ2v) is 6.43. The molecule has 0 saturated carbocycles. The van der Waals surface area contributed by atoms with Gasteiger partial charge in [-0.1, -0.05) is 41.1 Å². The first kappa shape index (κ1) is 16.3. The number of aromatic nitrogens is 2. The van der Waals surface area contributed by atoms with Gasteiger partial charge < -0.3 is 14.2 Å². The van der Waals surface area contributed by atoms with Gasteiger partial charge in [0.15, 0.2) is 0 Å². The molecule has 0 aliphatic carbocycles. The predicted molar refractivity (Wildman–Crippen MR) is 97.2 cm³/mol. The third-order valence-electron chi connectivity index (χ3n) is 4.59. The quantitative estimate of drug-likeness (QED) is 0.720. The first-order valence-electron chi connectivity index (χ1n) is 8.49. The van der Waals surface area contributed by atoms with E-state index in [-0.39, 0.29) is 11.8 Å². The highest BCUT2D eigenvalue weighted by Gasteiger charge is 2.35. The van der Waals surface area contributed by atoms with E-state index in [1.807, 2.05) is 55.5 Å².